The zero-order valence-electron chi connectivity index (χ0n) is 23.2. The molecule has 4 nitrogen and oxygen atoms in total. The van der Waals surface area contributed by atoms with Gasteiger partial charge in [0.15, 0.2) is 6.17 Å². The molecule has 1 aliphatic heterocycles. The molecule has 2 atom stereocenters. The summed E-state index contributed by atoms with van der Waals surface area (Å²) < 4.78 is 1.02. The average molecular weight is 477 g/mol. The van der Waals surface area contributed by atoms with Gasteiger partial charge in [-0.1, -0.05) is 96.1 Å². The van der Waals surface area contributed by atoms with Crippen LogP contribution in [0.4, 0.5) is 0 Å². The molecule has 1 aliphatic rings. The van der Waals surface area contributed by atoms with Gasteiger partial charge in [0.25, 0.3) is 0 Å². The first-order chi connectivity index (χ1) is 16.6. The molecule has 0 fully saturated rings. The molecule has 0 aromatic rings. The highest BCUT2D eigenvalue weighted by atomic mass is 16.1. The van der Waals surface area contributed by atoms with Crippen molar-refractivity contribution in [3.05, 3.63) is 12.2 Å². The Bertz CT molecular complexity index is 545. The number of unbranched alkanes of at least 4 members (excludes halogenated alkanes) is 15. The fourth-order valence-electron chi connectivity index (χ4n) is 5.24. The van der Waals surface area contributed by atoms with Gasteiger partial charge in [0.2, 0.25) is 5.91 Å². The van der Waals surface area contributed by atoms with Crippen LogP contribution in [0.1, 0.15) is 136 Å². The highest BCUT2D eigenvalue weighted by Gasteiger charge is 2.37. The Kier molecular flexibility index (Phi) is 19.2. The van der Waals surface area contributed by atoms with E-state index in [1.807, 2.05) is 0 Å². The number of carbonyl (C=O) groups is 1. The summed E-state index contributed by atoms with van der Waals surface area (Å²) in [5, 5.41) is 2.97. The first-order valence-corrected chi connectivity index (χ1v) is 14.9. The lowest BCUT2D eigenvalue weighted by Crippen LogP contribution is -2.55. The van der Waals surface area contributed by atoms with E-state index < -0.39 is 0 Å². The Morgan fingerprint density at radius 3 is 1.91 bits per heavy atom. The molecule has 0 aliphatic carbocycles. The van der Waals surface area contributed by atoms with Gasteiger partial charge < -0.3 is 5.32 Å². The summed E-state index contributed by atoms with van der Waals surface area (Å²) in [5.41, 5.74) is 0. The molecule has 1 amide bonds. The molecule has 0 saturated carbocycles. The van der Waals surface area contributed by atoms with Crippen molar-refractivity contribution in [2.75, 3.05) is 26.2 Å². The maximum absolute atomic E-state index is 11.2. The number of likely N-dealkylation sites (N-methyl/N-ethyl adjacent to an activating group) is 1. The number of allylic oxidation sites excluding steroid dienone is 2. The molecule has 2 unspecified atom stereocenters. The van der Waals surface area contributed by atoms with Crippen molar-refractivity contribution in [1.82, 2.24) is 5.32 Å². The number of carbonyl (C=O) groups excluding carboxylic acids is 1. The molecular formula is C30H58N3O+. The predicted molar refractivity (Wildman–Crippen MR) is 149 cm³/mol. The first-order valence-electron chi connectivity index (χ1n) is 14.9. The lowest BCUT2D eigenvalue weighted by Gasteiger charge is -2.38. The van der Waals surface area contributed by atoms with Gasteiger partial charge in [0.05, 0.1) is 25.8 Å². The molecule has 4 heteroatoms. The van der Waals surface area contributed by atoms with Crippen LogP contribution in [0, 0.1) is 0 Å². The topological polar surface area (TPSA) is 41.5 Å². The predicted octanol–water partition coefficient (Wildman–Crippen LogP) is 7.97. The van der Waals surface area contributed by atoms with Crippen LogP contribution in [-0.4, -0.2) is 48.9 Å². The third-order valence-corrected chi connectivity index (χ3v) is 7.64. The number of nitrogens with one attached hydrogen (secondary N) is 1. The quantitative estimate of drug-likeness (QED) is 0.0906. The second-order valence-corrected chi connectivity index (χ2v) is 10.5. The van der Waals surface area contributed by atoms with Crippen LogP contribution in [0.2, 0.25) is 0 Å². The molecule has 0 bridgehead atoms. The summed E-state index contributed by atoms with van der Waals surface area (Å²) in [6, 6.07) is 0. The van der Waals surface area contributed by atoms with Gasteiger partial charge in [-0.3, -0.25) is 9.28 Å². The number of quaternary nitrogens is 1. The molecule has 1 heterocycles. The van der Waals surface area contributed by atoms with E-state index in [4.69, 9.17) is 4.99 Å². The van der Waals surface area contributed by atoms with Crippen molar-refractivity contribution in [2.45, 2.75) is 143 Å². The number of aliphatic imine (C=N–C) groups is 1. The Morgan fingerprint density at radius 2 is 1.38 bits per heavy atom. The van der Waals surface area contributed by atoms with Crippen LogP contribution < -0.4 is 5.32 Å². The maximum Gasteiger partial charge on any atom is 0.217 e. The molecule has 198 valence electrons. The minimum Gasteiger partial charge on any atom is -0.351 e. The molecule has 0 saturated heterocycles. The van der Waals surface area contributed by atoms with Crippen molar-refractivity contribution >= 4 is 12.1 Å². The highest BCUT2D eigenvalue weighted by molar-refractivity contribution is 5.72. The summed E-state index contributed by atoms with van der Waals surface area (Å²) in [6.07, 6.45) is 31.9. The van der Waals surface area contributed by atoms with Crippen molar-refractivity contribution in [1.29, 1.82) is 0 Å². The standard InChI is InChI=1S/C30H57N3O/c1-4-6-7-8-9-10-11-12-13-14-15-16-17-18-19-20-21-22-23-24-30-32-26-28-33(30,5-2)27-25-31-29(3)34/h12-13,26,30H,4-11,14-25,27-28H2,1-3H3/p+1/b13-12+. The molecule has 1 N–H and O–H groups in total. The van der Waals surface area contributed by atoms with Crippen LogP contribution in [0.15, 0.2) is 17.1 Å². The third kappa shape index (κ3) is 15.0. The normalized spacial score (nSPS) is 19.9. The minimum atomic E-state index is 0.0709. The second kappa shape index (κ2) is 21.1. The van der Waals surface area contributed by atoms with Gasteiger partial charge >= 0.3 is 0 Å². The Balaban J connectivity index is 1.91. The van der Waals surface area contributed by atoms with Crippen molar-refractivity contribution in [3.63, 3.8) is 0 Å². The van der Waals surface area contributed by atoms with Gasteiger partial charge in [-0.25, -0.2) is 4.99 Å². The van der Waals surface area contributed by atoms with E-state index in [1.54, 1.807) is 6.92 Å². The largest absolute Gasteiger partial charge is 0.351 e. The van der Waals surface area contributed by atoms with Gasteiger partial charge in [-0.05, 0) is 39.0 Å². The fraction of sp³-hybridized carbons (Fsp3) is 0.867. The van der Waals surface area contributed by atoms with Gasteiger partial charge in [0, 0.05) is 13.3 Å². The Labute approximate surface area is 212 Å². The summed E-state index contributed by atoms with van der Waals surface area (Å²) in [4.78, 5) is 16.0. The zero-order chi connectivity index (χ0) is 24.7. The van der Waals surface area contributed by atoms with Crippen LogP contribution in [0.25, 0.3) is 0 Å². The fourth-order valence-corrected chi connectivity index (χ4v) is 5.24. The number of nitrogens with zero attached hydrogens (tertiary/aromatic N) is 2. The van der Waals surface area contributed by atoms with Gasteiger partial charge in [-0.15, -0.1) is 0 Å². The van der Waals surface area contributed by atoms with Crippen LogP contribution in [-0.2, 0) is 4.79 Å². The van der Waals surface area contributed by atoms with Crippen molar-refractivity contribution in [3.8, 4) is 0 Å². The van der Waals surface area contributed by atoms with Crippen molar-refractivity contribution in [2.24, 2.45) is 4.99 Å². The minimum absolute atomic E-state index is 0.0709. The van der Waals surface area contributed by atoms with E-state index in [1.165, 1.54) is 116 Å². The van der Waals surface area contributed by atoms with Crippen LogP contribution in [0.5, 0.6) is 0 Å². The molecule has 0 radical (unpaired) electrons. The lowest BCUT2D eigenvalue weighted by molar-refractivity contribution is -0.935. The number of amides is 1. The smallest absolute Gasteiger partial charge is 0.217 e. The summed E-state index contributed by atoms with van der Waals surface area (Å²) in [6.45, 7) is 10.0. The number of hydrogen-bond acceptors (Lipinski definition) is 2. The zero-order valence-corrected chi connectivity index (χ0v) is 23.2. The SMILES string of the molecule is CCCCCCCC/C=C/CCCCCCCCCCCC1N=CC[N+]1(CC)CCNC(C)=O. The number of rotatable bonds is 23. The van der Waals surface area contributed by atoms with Crippen LogP contribution in [0.3, 0.4) is 0 Å². The van der Waals surface area contributed by atoms with E-state index >= 15 is 0 Å². The average Bonchev–Trinajstić information content (AvgIpc) is 3.23. The van der Waals surface area contributed by atoms with E-state index in [-0.39, 0.29) is 5.91 Å². The Hall–Kier alpha value is -1.16. The molecule has 0 spiro atoms. The molecule has 34 heavy (non-hydrogen) atoms. The van der Waals surface area contributed by atoms with E-state index in [0.717, 1.165) is 30.7 Å². The monoisotopic (exact) mass is 476 g/mol. The van der Waals surface area contributed by atoms with Crippen LogP contribution >= 0.6 is 0 Å². The number of hydrogen-bond donors (Lipinski definition) is 1. The second-order valence-electron chi connectivity index (χ2n) is 10.5. The van der Waals surface area contributed by atoms with E-state index in [2.05, 4.69) is 37.5 Å². The molecule has 1 rings (SSSR count). The van der Waals surface area contributed by atoms with E-state index in [0.29, 0.717) is 6.17 Å². The van der Waals surface area contributed by atoms with E-state index in [9.17, 15) is 4.79 Å². The molecule has 0 aromatic carbocycles. The van der Waals surface area contributed by atoms with Gasteiger partial charge in [-0.2, -0.15) is 0 Å². The van der Waals surface area contributed by atoms with Crippen molar-refractivity contribution < 1.29 is 9.28 Å². The highest BCUT2D eigenvalue weighted by Crippen LogP contribution is 2.24. The summed E-state index contributed by atoms with van der Waals surface area (Å²) >= 11 is 0. The first kappa shape index (κ1) is 30.9. The maximum atomic E-state index is 11.2. The summed E-state index contributed by atoms with van der Waals surface area (Å²) in [7, 11) is 0. The van der Waals surface area contributed by atoms with Gasteiger partial charge in [0.1, 0.15) is 6.54 Å². The lowest BCUT2D eigenvalue weighted by atomic mass is 10.0. The Morgan fingerprint density at radius 1 is 0.853 bits per heavy atom. The molecule has 0 aromatic heterocycles. The molecular weight excluding hydrogens is 418 g/mol. The summed E-state index contributed by atoms with van der Waals surface area (Å²) in [5.74, 6) is 0.0709. The third-order valence-electron chi connectivity index (χ3n) is 7.64.